The third-order valence-electron chi connectivity index (χ3n) is 5.66. The number of hydrogen-bond donors (Lipinski definition) is 1. The Morgan fingerprint density at radius 2 is 1.76 bits per heavy atom. The fraction of sp³-hybridized carbons (Fsp3) is 0.941. The summed E-state index contributed by atoms with van der Waals surface area (Å²) >= 11 is 0. The largest absolute Gasteiger partial charge is 0.342 e. The van der Waals surface area contributed by atoms with Gasteiger partial charge in [0.15, 0.2) is 0 Å². The lowest BCUT2D eigenvalue weighted by molar-refractivity contribution is -0.128. The van der Waals surface area contributed by atoms with Gasteiger partial charge in [0, 0.05) is 38.6 Å². The first-order valence-electron chi connectivity index (χ1n) is 8.96. The standard InChI is InChI=1S/C17H31N3O/c18-16-7-5-14(6-8-16)11-19-9-1-3-15(12-19)13-20-10-2-4-17(20)21/h14-16H,1-13,18H2/t14?,15-,16?/m1/s1. The highest BCUT2D eigenvalue weighted by molar-refractivity contribution is 5.78. The fourth-order valence-corrected chi connectivity index (χ4v) is 4.41. The average Bonchev–Trinajstić information content (AvgIpc) is 2.87. The molecule has 0 aromatic rings. The predicted octanol–water partition coefficient (Wildman–Crippen LogP) is 1.84. The summed E-state index contributed by atoms with van der Waals surface area (Å²) in [6.07, 6.45) is 9.50. The SMILES string of the molecule is NC1CCC(CN2CCC[C@@H](CN3CCCC3=O)C2)CC1. The quantitative estimate of drug-likeness (QED) is 0.860. The summed E-state index contributed by atoms with van der Waals surface area (Å²) in [6, 6.07) is 0.455. The lowest BCUT2D eigenvalue weighted by atomic mass is 9.85. The Hall–Kier alpha value is -0.610. The van der Waals surface area contributed by atoms with Crippen molar-refractivity contribution >= 4 is 5.91 Å². The van der Waals surface area contributed by atoms with E-state index in [1.165, 1.54) is 58.2 Å². The molecule has 1 aliphatic carbocycles. The molecule has 3 fully saturated rings. The molecule has 4 heteroatoms. The van der Waals surface area contributed by atoms with Gasteiger partial charge in [-0.1, -0.05) is 0 Å². The molecule has 0 aromatic heterocycles. The first-order valence-corrected chi connectivity index (χ1v) is 8.96. The number of nitrogens with two attached hydrogens (primary N) is 1. The normalized spacial score (nSPS) is 35.4. The first-order chi connectivity index (χ1) is 10.2. The summed E-state index contributed by atoms with van der Waals surface area (Å²) < 4.78 is 0. The first kappa shape index (κ1) is 15.3. The number of amides is 1. The minimum absolute atomic E-state index is 0.383. The van der Waals surface area contributed by atoms with Gasteiger partial charge in [-0.25, -0.2) is 0 Å². The van der Waals surface area contributed by atoms with Crippen molar-refractivity contribution in [3.05, 3.63) is 0 Å². The van der Waals surface area contributed by atoms with E-state index < -0.39 is 0 Å². The third kappa shape index (κ3) is 4.19. The van der Waals surface area contributed by atoms with E-state index in [0.717, 1.165) is 31.8 Å². The zero-order valence-electron chi connectivity index (χ0n) is 13.3. The van der Waals surface area contributed by atoms with Gasteiger partial charge in [-0.05, 0) is 63.3 Å². The van der Waals surface area contributed by atoms with Crippen LogP contribution >= 0.6 is 0 Å². The lowest BCUT2D eigenvalue weighted by Gasteiger charge is -2.37. The number of nitrogens with zero attached hydrogens (tertiary/aromatic N) is 2. The second-order valence-corrected chi connectivity index (χ2v) is 7.49. The van der Waals surface area contributed by atoms with Crippen molar-refractivity contribution < 1.29 is 4.79 Å². The van der Waals surface area contributed by atoms with Gasteiger partial charge in [-0.15, -0.1) is 0 Å². The average molecular weight is 293 g/mol. The topological polar surface area (TPSA) is 49.6 Å². The summed E-state index contributed by atoms with van der Waals surface area (Å²) in [6.45, 7) is 5.72. The molecule has 2 N–H and O–H groups in total. The molecular formula is C17H31N3O. The number of carbonyl (C=O) groups excluding carboxylic acids is 1. The molecule has 21 heavy (non-hydrogen) atoms. The molecule has 1 atom stereocenters. The van der Waals surface area contributed by atoms with Crippen LogP contribution in [-0.4, -0.2) is 54.5 Å². The van der Waals surface area contributed by atoms with Crippen LogP contribution < -0.4 is 5.73 Å². The van der Waals surface area contributed by atoms with Crippen LogP contribution in [0.1, 0.15) is 51.4 Å². The van der Waals surface area contributed by atoms with E-state index >= 15 is 0 Å². The van der Waals surface area contributed by atoms with Crippen LogP contribution in [-0.2, 0) is 4.79 Å². The molecule has 2 heterocycles. The van der Waals surface area contributed by atoms with Crippen LogP contribution in [0.2, 0.25) is 0 Å². The molecule has 120 valence electrons. The Bertz CT molecular complexity index is 352. The molecule has 0 radical (unpaired) electrons. The van der Waals surface area contributed by atoms with Crippen molar-refractivity contribution in [3.63, 3.8) is 0 Å². The Labute approximate surface area is 129 Å². The lowest BCUT2D eigenvalue weighted by Crippen LogP contribution is -2.43. The van der Waals surface area contributed by atoms with Crippen LogP contribution in [0.15, 0.2) is 0 Å². The van der Waals surface area contributed by atoms with Crippen molar-refractivity contribution in [1.82, 2.24) is 9.80 Å². The predicted molar refractivity (Wildman–Crippen MR) is 84.9 cm³/mol. The smallest absolute Gasteiger partial charge is 0.222 e. The van der Waals surface area contributed by atoms with Gasteiger partial charge in [0.25, 0.3) is 0 Å². The van der Waals surface area contributed by atoms with Gasteiger partial charge >= 0.3 is 0 Å². The van der Waals surface area contributed by atoms with E-state index in [-0.39, 0.29) is 0 Å². The summed E-state index contributed by atoms with van der Waals surface area (Å²) in [5.41, 5.74) is 6.01. The van der Waals surface area contributed by atoms with E-state index in [1.54, 1.807) is 0 Å². The molecule has 0 spiro atoms. The zero-order chi connectivity index (χ0) is 14.7. The molecule has 0 aromatic carbocycles. The Balaban J connectivity index is 1.43. The van der Waals surface area contributed by atoms with Gasteiger partial charge in [0.05, 0.1) is 0 Å². The number of hydrogen-bond acceptors (Lipinski definition) is 3. The van der Waals surface area contributed by atoms with Gasteiger partial charge in [0.1, 0.15) is 0 Å². The molecule has 2 aliphatic heterocycles. The third-order valence-corrected chi connectivity index (χ3v) is 5.66. The highest BCUT2D eigenvalue weighted by atomic mass is 16.2. The molecular weight excluding hydrogens is 262 g/mol. The summed E-state index contributed by atoms with van der Waals surface area (Å²) in [7, 11) is 0. The maximum Gasteiger partial charge on any atom is 0.222 e. The van der Waals surface area contributed by atoms with E-state index in [0.29, 0.717) is 17.9 Å². The minimum Gasteiger partial charge on any atom is -0.342 e. The van der Waals surface area contributed by atoms with E-state index in [1.807, 2.05) is 0 Å². The van der Waals surface area contributed by atoms with E-state index in [2.05, 4.69) is 9.80 Å². The molecule has 1 amide bonds. The zero-order valence-corrected chi connectivity index (χ0v) is 13.3. The number of piperidine rings is 1. The van der Waals surface area contributed by atoms with Crippen molar-refractivity contribution in [1.29, 1.82) is 0 Å². The summed E-state index contributed by atoms with van der Waals surface area (Å²) in [5, 5.41) is 0. The highest BCUT2D eigenvalue weighted by Crippen LogP contribution is 2.26. The second-order valence-electron chi connectivity index (χ2n) is 7.49. The summed E-state index contributed by atoms with van der Waals surface area (Å²) in [5.74, 6) is 1.94. The van der Waals surface area contributed by atoms with Crippen molar-refractivity contribution in [2.75, 3.05) is 32.7 Å². The minimum atomic E-state index is 0.383. The monoisotopic (exact) mass is 293 g/mol. The maximum atomic E-state index is 11.8. The Kier molecular flexibility index (Phi) is 5.17. The van der Waals surface area contributed by atoms with Crippen molar-refractivity contribution in [2.24, 2.45) is 17.6 Å². The number of likely N-dealkylation sites (tertiary alicyclic amines) is 2. The van der Waals surface area contributed by atoms with Gasteiger partial charge in [0.2, 0.25) is 5.91 Å². The second kappa shape index (κ2) is 7.10. The van der Waals surface area contributed by atoms with Crippen molar-refractivity contribution in [2.45, 2.75) is 57.4 Å². The molecule has 4 nitrogen and oxygen atoms in total. The fourth-order valence-electron chi connectivity index (χ4n) is 4.41. The Morgan fingerprint density at radius 1 is 0.952 bits per heavy atom. The Morgan fingerprint density at radius 3 is 2.48 bits per heavy atom. The van der Waals surface area contributed by atoms with Crippen LogP contribution in [0.4, 0.5) is 0 Å². The van der Waals surface area contributed by atoms with Crippen LogP contribution in [0.5, 0.6) is 0 Å². The van der Waals surface area contributed by atoms with E-state index in [4.69, 9.17) is 5.73 Å². The molecule has 3 rings (SSSR count). The molecule has 2 saturated heterocycles. The summed E-state index contributed by atoms with van der Waals surface area (Å²) in [4.78, 5) is 16.5. The maximum absolute atomic E-state index is 11.8. The van der Waals surface area contributed by atoms with Crippen LogP contribution in [0, 0.1) is 11.8 Å². The van der Waals surface area contributed by atoms with Crippen LogP contribution in [0.25, 0.3) is 0 Å². The number of rotatable bonds is 4. The molecule has 0 bridgehead atoms. The molecule has 3 aliphatic rings. The van der Waals surface area contributed by atoms with E-state index in [9.17, 15) is 4.79 Å². The number of carbonyl (C=O) groups is 1. The van der Waals surface area contributed by atoms with Gasteiger partial charge in [-0.2, -0.15) is 0 Å². The van der Waals surface area contributed by atoms with Gasteiger partial charge in [-0.3, -0.25) is 4.79 Å². The highest BCUT2D eigenvalue weighted by Gasteiger charge is 2.28. The molecule has 0 unspecified atom stereocenters. The van der Waals surface area contributed by atoms with Crippen molar-refractivity contribution in [3.8, 4) is 0 Å². The molecule has 1 saturated carbocycles. The van der Waals surface area contributed by atoms with Gasteiger partial charge < -0.3 is 15.5 Å². The van der Waals surface area contributed by atoms with Crippen LogP contribution in [0.3, 0.4) is 0 Å².